The Hall–Kier alpha value is -3.39. The molecular weight excluding hydrogens is 440 g/mol. The average molecular weight is 477 g/mol. The zero-order valence-corrected chi connectivity index (χ0v) is 20.8. The van der Waals surface area contributed by atoms with Gasteiger partial charge in [0.15, 0.2) is 5.69 Å². The summed E-state index contributed by atoms with van der Waals surface area (Å²) in [6.45, 7) is 8.26. The van der Waals surface area contributed by atoms with Gasteiger partial charge in [-0.15, -0.1) is 5.10 Å². The van der Waals surface area contributed by atoms with E-state index < -0.39 is 0 Å². The molecule has 0 aliphatic carbocycles. The molecule has 8 heteroatoms. The molecule has 1 N–H and O–H groups in total. The summed E-state index contributed by atoms with van der Waals surface area (Å²) in [5.74, 6) is 0.792. The fourth-order valence-corrected chi connectivity index (χ4v) is 4.57. The quantitative estimate of drug-likeness (QED) is 0.428. The van der Waals surface area contributed by atoms with E-state index in [0.29, 0.717) is 18.8 Å². The topological polar surface area (TPSA) is 75.5 Å². The number of amides is 1. The van der Waals surface area contributed by atoms with Gasteiger partial charge in [-0.25, -0.2) is 4.68 Å². The van der Waals surface area contributed by atoms with Crippen molar-refractivity contribution < 1.29 is 9.53 Å². The maximum Gasteiger partial charge on any atom is 0.273 e. The molecule has 1 fully saturated rings. The molecule has 2 aromatic carbocycles. The van der Waals surface area contributed by atoms with Gasteiger partial charge >= 0.3 is 0 Å². The Morgan fingerprint density at radius 3 is 2.51 bits per heavy atom. The number of benzene rings is 2. The summed E-state index contributed by atoms with van der Waals surface area (Å²) < 4.78 is 7.37. The Bertz CT molecular complexity index is 1080. The summed E-state index contributed by atoms with van der Waals surface area (Å²) in [6, 6.07) is 18.3. The zero-order chi connectivity index (χ0) is 24.5. The summed E-state index contributed by atoms with van der Waals surface area (Å²) >= 11 is 0. The summed E-state index contributed by atoms with van der Waals surface area (Å²) in [4.78, 5) is 17.7. The Kier molecular flexibility index (Phi) is 8.73. The lowest BCUT2D eigenvalue weighted by molar-refractivity contribution is 0.0945. The molecule has 0 saturated carbocycles. The van der Waals surface area contributed by atoms with Crippen molar-refractivity contribution >= 4 is 11.6 Å². The molecule has 3 aromatic rings. The van der Waals surface area contributed by atoms with Gasteiger partial charge in [0.05, 0.1) is 25.0 Å². The predicted octanol–water partition coefficient (Wildman–Crippen LogP) is 3.23. The molecule has 0 radical (unpaired) electrons. The van der Waals surface area contributed by atoms with Gasteiger partial charge in [-0.3, -0.25) is 9.69 Å². The van der Waals surface area contributed by atoms with Gasteiger partial charge in [0.25, 0.3) is 5.91 Å². The number of nitrogens with zero attached hydrogens (tertiary/aromatic N) is 5. The minimum atomic E-state index is -0.131. The average Bonchev–Trinajstić information content (AvgIpc) is 3.29. The van der Waals surface area contributed by atoms with Crippen molar-refractivity contribution in [2.45, 2.75) is 32.7 Å². The second kappa shape index (κ2) is 12.4. The number of hydrogen-bond acceptors (Lipinski definition) is 6. The first-order chi connectivity index (χ1) is 17.2. The molecule has 8 nitrogen and oxygen atoms in total. The van der Waals surface area contributed by atoms with Gasteiger partial charge in [0.2, 0.25) is 0 Å². The van der Waals surface area contributed by atoms with Crippen molar-refractivity contribution in [3.63, 3.8) is 0 Å². The zero-order valence-electron chi connectivity index (χ0n) is 20.8. The molecule has 1 amide bonds. The van der Waals surface area contributed by atoms with Crippen molar-refractivity contribution in [2.24, 2.45) is 0 Å². The number of para-hydroxylation sites is 2. The monoisotopic (exact) mass is 476 g/mol. The van der Waals surface area contributed by atoms with E-state index in [4.69, 9.17) is 4.74 Å². The number of carbonyl (C=O) groups excluding carboxylic acids is 1. The fourth-order valence-electron chi connectivity index (χ4n) is 4.57. The van der Waals surface area contributed by atoms with Crippen LogP contribution < -0.4 is 15.0 Å². The molecule has 1 aliphatic heterocycles. The highest BCUT2D eigenvalue weighted by molar-refractivity contribution is 5.93. The van der Waals surface area contributed by atoms with Crippen molar-refractivity contribution in [1.82, 2.24) is 25.2 Å². The SMILES string of the molecule is CCCc1c(C(=O)NCCCN2CCN(c3ccccc3OC)CC2)nnn1Cc1ccccc1. The third-order valence-corrected chi connectivity index (χ3v) is 6.45. The van der Waals surface area contributed by atoms with Crippen molar-refractivity contribution in [1.29, 1.82) is 0 Å². The normalized spacial score (nSPS) is 14.2. The molecule has 1 saturated heterocycles. The molecule has 0 unspecified atom stereocenters. The van der Waals surface area contributed by atoms with Crippen LogP contribution in [-0.4, -0.2) is 72.2 Å². The van der Waals surface area contributed by atoms with E-state index in [1.807, 2.05) is 35.0 Å². The smallest absolute Gasteiger partial charge is 0.273 e. The van der Waals surface area contributed by atoms with Crippen molar-refractivity contribution in [3.05, 3.63) is 71.5 Å². The van der Waals surface area contributed by atoms with Gasteiger partial charge < -0.3 is 15.0 Å². The molecule has 2 heterocycles. The predicted molar refractivity (Wildman–Crippen MR) is 138 cm³/mol. The first-order valence-electron chi connectivity index (χ1n) is 12.5. The molecule has 0 atom stereocenters. The van der Waals surface area contributed by atoms with Crippen LogP contribution >= 0.6 is 0 Å². The Balaban J connectivity index is 1.23. The van der Waals surface area contributed by atoms with Crippen LogP contribution in [0, 0.1) is 0 Å². The summed E-state index contributed by atoms with van der Waals surface area (Å²) in [5, 5.41) is 11.6. The first-order valence-corrected chi connectivity index (χ1v) is 12.5. The van der Waals surface area contributed by atoms with Crippen LogP contribution in [0.5, 0.6) is 5.75 Å². The van der Waals surface area contributed by atoms with Crippen molar-refractivity contribution in [2.75, 3.05) is 51.3 Å². The number of rotatable bonds is 11. The lowest BCUT2D eigenvalue weighted by Gasteiger charge is -2.36. The molecule has 1 aliphatic rings. The number of carbonyl (C=O) groups is 1. The third kappa shape index (κ3) is 6.39. The molecule has 4 rings (SSSR count). The van der Waals surface area contributed by atoms with E-state index in [1.165, 1.54) is 0 Å². The highest BCUT2D eigenvalue weighted by atomic mass is 16.5. The maximum absolute atomic E-state index is 12.9. The van der Waals surface area contributed by atoms with Gasteiger partial charge in [-0.05, 0) is 37.1 Å². The molecule has 0 spiro atoms. The molecular formula is C27H36N6O2. The molecule has 186 valence electrons. The van der Waals surface area contributed by atoms with Crippen LogP contribution in [0.4, 0.5) is 5.69 Å². The lowest BCUT2D eigenvalue weighted by atomic mass is 10.1. The second-order valence-electron chi connectivity index (χ2n) is 8.89. The van der Waals surface area contributed by atoms with E-state index in [1.54, 1.807) is 7.11 Å². The highest BCUT2D eigenvalue weighted by Crippen LogP contribution is 2.28. The largest absolute Gasteiger partial charge is 0.495 e. The van der Waals surface area contributed by atoms with Crippen LogP contribution in [0.15, 0.2) is 54.6 Å². The van der Waals surface area contributed by atoms with E-state index in [0.717, 1.165) is 74.7 Å². The maximum atomic E-state index is 12.9. The summed E-state index contributed by atoms with van der Waals surface area (Å²) in [5.41, 5.74) is 3.66. The van der Waals surface area contributed by atoms with E-state index in [9.17, 15) is 4.79 Å². The van der Waals surface area contributed by atoms with Crippen LogP contribution in [0.1, 0.15) is 41.5 Å². The fraction of sp³-hybridized carbons (Fsp3) is 0.444. The molecule has 0 bridgehead atoms. The van der Waals surface area contributed by atoms with Crippen LogP contribution in [0.2, 0.25) is 0 Å². The van der Waals surface area contributed by atoms with E-state index in [-0.39, 0.29) is 5.91 Å². The van der Waals surface area contributed by atoms with E-state index >= 15 is 0 Å². The summed E-state index contributed by atoms with van der Waals surface area (Å²) in [7, 11) is 1.72. The number of hydrogen-bond donors (Lipinski definition) is 1. The Morgan fingerprint density at radius 2 is 1.77 bits per heavy atom. The van der Waals surface area contributed by atoms with Crippen LogP contribution in [0.3, 0.4) is 0 Å². The van der Waals surface area contributed by atoms with Crippen LogP contribution in [-0.2, 0) is 13.0 Å². The van der Waals surface area contributed by atoms with Gasteiger partial charge in [0.1, 0.15) is 5.75 Å². The number of methoxy groups -OCH3 is 1. The standard InChI is InChI=1S/C27H36N6O2/c1-3-10-24-26(29-30-33(24)21-22-11-5-4-6-12-22)27(34)28-15-9-16-31-17-19-32(20-18-31)23-13-7-8-14-25(23)35-2/h4-8,11-14H,3,9-10,15-21H2,1-2H3,(H,28,34). The van der Waals surface area contributed by atoms with Gasteiger partial charge in [-0.1, -0.05) is 61.0 Å². The minimum absolute atomic E-state index is 0.131. The minimum Gasteiger partial charge on any atom is -0.495 e. The van der Waals surface area contributed by atoms with E-state index in [2.05, 4.69) is 56.6 Å². The Labute approximate surface area is 207 Å². The summed E-state index contributed by atoms with van der Waals surface area (Å²) in [6.07, 6.45) is 2.62. The molecule has 1 aromatic heterocycles. The van der Waals surface area contributed by atoms with Gasteiger partial charge in [0, 0.05) is 32.7 Å². The lowest BCUT2D eigenvalue weighted by Crippen LogP contribution is -2.47. The second-order valence-corrected chi connectivity index (χ2v) is 8.89. The highest BCUT2D eigenvalue weighted by Gasteiger charge is 2.21. The van der Waals surface area contributed by atoms with Crippen molar-refractivity contribution in [3.8, 4) is 5.75 Å². The molecule has 35 heavy (non-hydrogen) atoms. The number of ether oxygens (including phenoxy) is 1. The third-order valence-electron chi connectivity index (χ3n) is 6.45. The Morgan fingerprint density at radius 1 is 1.03 bits per heavy atom. The number of anilines is 1. The first kappa shape index (κ1) is 24.7. The number of piperazine rings is 1. The number of nitrogens with one attached hydrogen (secondary N) is 1. The van der Waals surface area contributed by atoms with Crippen LogP contribution in [0.25, 0.3) is 0 Å². The number of aromatic nitrogens is 3. The van der Waals surface area contributed by atoms with Gasteiger partial charge in [-0.2, -0.15) is 0 Å².